The first-order valence-corrected chi connectivity index (χ1v) is 10.2. The Labute approximate surface area is 141 Å². The minimum absolute atomic E-state index is 0.410. The normalized spacial score (nSPS) is 17.3. The van der Waals surface area contributed by atoms with E-state index in [1.165, 1.54) is 11.3 Å². The van der Waals surface area contributed by atoms with E-state index in [1.807, 2.05) is 20.8 Å². The lowest BCUT2D eigenvalue weighted by molar-refractivity contribution is 0.423. The monoisotopic (exact) mass is 354 g/mol. The Morgan fingerprint density at radius 3 is 2.35 bits per heavy atom. The van der Waals surface area contributed by atoms with E-state index in [4.69, 9.17) is 4.52 Å². The van der Waals surface area contributed by atoms with E-state index in [9.17, 15) is 8.42 Å². The van der Waals surface area contributed by atoms with Crippen LogP contribution in [0.2, 0.25) is 0 Å². The minimum atomic E-state index is -3.43. The molecular weight excluding hydrogens is 332 g/mol. The highest BCUT2D eigenvalue weighted by Crippen LogP contribution is 2.37. The Balaban J connectivity index is 1.98. The van der Waals surface area contributed by atoms with Crippen LogP contribution >= 0.6 is 11.3 Å². The quantitative estimate of drug-likeness (QED) is 0.839. The zero-order valence-electron chi connectivity index (χ0n) is 13.8. The lowest BCUT2D eigenvalue weighted by Crippen LogP contribution is -2.32. The van der Waals surface area contributed by atoms with Crippen molar-refractivity contribution in [3.63, 3.8) is 0 Å². The number of rotatable bonds is 3. The number of aromatic nitrogens is 1. The van der Waals surface area contributed by atoms with Crippen LogP contribution in [0.15, 0.2) is 15.5 Å². The summed E-state index contributed by atoms with van der Waals surface area (Å²) in [5, 5.41) is 3.97. The molecule has 0 aromatic carbocycles. The van der Waals surface area contributed by atoms with E-state index < -0.39 is 10.0 Å². The van der Waals surface area contributed by atoms with Gasteiger partial charge in [-0.25, -0.2) is 8.42 Å². The van der Waals surface area contributed by atoms with Crippen LogP contribution < -0.4 is 0 Å². The molecule has 23 heavy (non-hydrogen) atoms. The molecule has 0 atom stereocenters. The molecule has 5 nitrogen and oxygen atoms in total. The zero-order valence-corrected chi connectivity index (χ0v) is 15.4. The topological polar surface area (TPSA) is 63.4 Å². The Kier molecular flexibility index (Phi) is 4.62. The molecule has 126 valence electrons. The first-order chi connectivity index (χ1) is 10.9. The van der Waals surface area contributed by atoms with E-state index >= 15 is 0 Å². The summed E-state index contributed by atoms with van der Waals surface area (Å²) in [7, 11) is -3.43. The van der Waals surface area contributed by atoms with Gasteiger partial charge < -0.3 is 4.52 Å². The standard InChI is InChI=1S/C16H22N2O3S2/c1-11-12(2)17-21-16(11)14-10-15(13(3)22-14)23(19,20)18-8-6-4-5-7-9-18/h10H,4-9H2,1-3H3. The van der Waals surface area contributed by atoms with Crippen LogP contribution in [0.5, 0.6) is 0 Å². The molecule has 0 bridgehead atoms. The SMILES string of the molecule is Cc1noc(-c2cc(S(=O)(=O)N3CCCCCC3)c(C)s2)c1C. The van der Waals surface area contributed by atoms with Gasteiger partial charge in [-0.3, -0.25) is 0 Å². The number of hydrogen-bond acceptors (Lipinski definition) is 5. The summed E-state index contributed by atoms with van der Waals surface area (Å²) >= 11 is 1.45. The summed E-state index contributed by atoms with van der Waals surface area (Å²) in [6.45, 7) is 6.93. The van der Waals surface area contributed by atoms with E-state index in [-0.39, 0.29) is 0 Å². The number of thiophene rings is 1. The number of nitrogens with zero attached hydrogens (tertiary/aromatic N) is 2. The first kappa shape index (κ1) is 16.7. The van der Waals surface area contributed by atoms with Gasteiger partial charge >= 0.3 is 0 Å². The maximum absolute atomic E-state index is 13.0. The van der Waals surface area contributed by atoms with Gasteiger partial charge in [-0.1, -0.05) is 18.0 Å². The molecule has 7 heteroatoms. The largest absolute Gasteiger partial charge is 0.355 e. The second kappa shape index (κ2) is 6.37. The van der Waals surface area contributed by atoms with Gasteiger partial charge in [-0.05, 0) is 39.7 Å². The lowest BCUT2D eigenvalue weighted by Gasteiger charge is -2.19. The summed E-state index contributed by atoms with van der Waals surface area (Å²) in [6, 6.07) is 1.74. The number of aryl methyl sites for hydroxylation is 2. The summed E-state index contributed by atoms with van der Waals surface area (Å²) in [5.41, 5.74) is 1.80. The van der Waals surface area contributed by atoms with Crippen molar-refractivity contribution in [2.24, 2.45) is 0 Å². The third-order valence-corrected chi connectivity index (χ3v) is 7.64. The molecule has 0 N–H and O–H groups in total. The molecule has 2 aromatic rings. The molecule has 0 spiro atoms. The third kappa shape index (κ3) is 3.09. The molecule has 1 fully saturated rings. The molecule has 3 heterocycles. The van der Waals surface area contributed by atoms with Crippen LogP contribution in [0.3, 0.4) is 0 Å². The predicted molar refractivity (Wildman–Crippen MR) is 91.3 cm³/mol. The van der Waals surface area contributed by atoms with Gasteiger partial charge in [0.15, 0.2) is 5.76 Å². The van der Waals surface area contributed by atoms with Crippen molar-refractivity contribution in [1.29, 1.82) is 0 Å². The fourth-order valence-corrected chi connectivity index (χ4v) is 6.01. The third-order valence-electron chi connectivity index (χ3n) is 4.44. The predicted octanol–water partition coefficient (Wildman–Crippen LogP) is 3.89. The number of sulfonamides is 1. The van der Waals surface area contributed by atoms with Crippen LogP contribution in [0, 0.1) is 20.8 Å². The number of hydrogen-bond donors (Lipinski definition) is 0. The van der Waals surface area contributed by atoms with Crippen LogP contribution in [0.1, 0.15) is 41.8 Å². The molecule has 2 aromatic heterocycles. The molecule has 0 amide bonds. The van der Waals surface area contributed by atoms with E-state index in [1.54, 1.807) is 10.4 Å². The molecule has 0 radical (unpaired) electrons. The van der Waals surface area contributed by atoms with E-state index in [0.29, 0.717) is 23.7 Å². The second-order valence-electron chi connectivity index (χ2n) is 6.07. The van der Waals surface area contributed by atoms with Crippen LogP contribution in [-0.4, -0.2) is 31.0 Å². The Morgan fingerprint density at radius 1 is 1.13 bits per heavy atom. The lowest BCUT2D eigenvalue weighted by atomic mass is 10.2. The molecule has 1 aliphatic heterocycles. The average Bonchev–Trinajstić information content (AvgIpc) is 2.92. The highest BCUT2D eigenvalue weighted by atomic mass is 32.2. The molecule has 1 aliphatic rings. The highest BCUT2D eigenvalue weighted by molar-refractivity contribution is 7.89. The smallest absolute Gasteiger partial charge is 0.244 e. The van der Waals surface area contributed by atoms with Gasteiger partial charge in [0.1, 0.15) is 0 Å². The van der Waals surface area contributed by atoms with Gasteiger partial charge in [-0.2, -0.15) is 4.31 Å². The fraction of sp³-hybridized carbons (Fsp3) is 0.562. The second-order valence-corrected chi connectivity index (χ2v) is 9.23. The van der Waals surface area contributed by atoms with Crippen LogP contribution in [0.4, 0.5) is 0 Å². The summed E-state index contributed by atoms with van der Waals surface area (Å²) in [5.74, 6) is 0.674. The van der Waals surface area contributed by atoms with Gasteiger partial charge in [0.2, 0.25) is 10.0 Å². The summed E-state index contributed by atoms with van der Waals surface area (Å²) < 4.78 is 33.0. The average molecular weight is 354 g/mol. The van der Waals surface area contributed by atoms with Crippen molar-refractivity contribution < 1.29 is 12.9 Å². The van der Waals surface area contributed by atoms with Crippen molar-refractivity contribution in [2.75, 3.05) is 13.1 Å². The van der Waals surface area contributed by atoms with Crippen molar-refractivity contribution in [2.45, 2.75) is 51.3 Å². The van der Waals surface area contributed by atoms with Crippen LogP contribution in [0.25, 0.3) is 10.6 Å². The van der Waals surface area contributed by atoms with Crippen molar-refractivity contribution >= 4 is 21.4 Å². The van der Waals surface area contributed by atoms with Crippen molar-refractivity contribution in [3.8, 4) is 10.6 Å². The van der Waals surface area contributed by atoms with Gasteiger partial charge in [0.25, 0.3) is 0 Å². The summed E-state index contributed by atoms with van der Waals surface area (Å²) in [4.78, 5) is 2.04. The fourth-order valence-electron chi connectivity index (χ4n) is 2.90. The van der Waals surface area contributed by atoms with Gasteiger partial charge in [0.05, 0.1) is 15.5 Å². The minimum Gasteiger partial charge on any atom is -0.355 e. The van der Waals surface area contributed by atoms with Gasteiger partial charge in [-0.15, -0.1) is 11.3 Å². The molecule has 0 unspecified atom stereocenters. The zero-order chi connectivity index (χ0) is 16.6. The van der Waals surface area contributed by atoms with Crippen molar-refractivity contribution in [3.05, 3.63) is 22.2 Å². The van der Waals surface area contributed by atoms with Crippen LogP contribution in [-0.2, 0) is 10.0 Å². The highest BCUT2D eigenvalue weighted by Gasteiger charge is 2.29. The van der Waals surface area contributed by atoms with E-state index in [0.717, 1.165) is 46.7 Å². The molecular formula is C16H22N2O3S2. The maximum atomic E-state index is 13.0. The Bertz CT molecular complexity index is 797. The van der Waals surface area contributed by atoms with Gasteiger partial charge in [0, 0.05) is 23.5 Å². The molecule has 1 saturated heterocycles. The maximum Gasteiger partial charge on any atom is 0.244 e. The Hall–Kier alpha value is -1.18. The first-order valence-electron chi connectivity index (χ1n) is 7.95. The van der Waals surface area contributed by atoms with E-state index in [2.05, 4.69) is 5.16 Å². The molecule has 0 aliphatic carbocycles. The van der Waals surface area contributed by atoms with Crippen molar-refractivity contribution in [1.82, 2.24) is 9.46 Å². The Morgan fingerprint density at radius 2 is 1.78 bits per heavy atom. The summed E-state index contributed by atoms with van der Waals surface area (Å²) in [6.07, 6.45) is 4.10. The molecule has 0 saturated carbocycles. The molecule has 3 rings (SSSR count).